The average molecular weight is 409 g/mol. The van der Waals surface area contributed by atoms with E-state index in [1.165, 1.54) is 29.2 Å². The Kier molecular flexibility index (Phi) is 6.91. The first-order chi connectivity index (χ1) is 13.3. The minimum atomic E-state index is -4.19. The van der Waals surface area contributed by atoms with Gasteiger partial charge in [-0.15, -0.1) is 5.92 Å². The number of likely N-dealkylation sites (tertiary alicyclic amines) is 1. The predicted molar refractivity (Wildman–Crippen MR) is 101 cm³/mol. The molecule has 1 fully saturated rings. The van der Waals surface area contributed by atoms with Crippen molar-refractivity contribution in [3.63, 3.8) is 0 Å². The molecule has 1 aromatic rings. The van der Waals surface area contributed by atoms with Crippen LogP contribution in [0.15, 0.2) is 29.2 Å². The van der Waals surface area contributed by atoms with E-state index in [0.717, 1.165) is 0 Å². The first-order valence-corrected chi connectivity index (χ1v) is 10.3. The van der Waals surface area contributed by atoms with Gasteiger partial charge < -0.3 is 19.5 Å². The fourth-order valence-corrected chi connectivity index (χ4v) is 4.89. The molecule has 9 heteroatoms. The number of hydrogen-bond donors (Lipinski definition) is 1. The van der Waals surface area contributed by atoms with Crippen LogP contribution in [0.3, 0.4) is 0 Å². The number of nitrogens with zero attached hydrogens (tertiary/aromatic N) is 1. The van der Waals surface area contributed by atoms with Crippen molar-refractivity contribution in [1.29, 1.82) is 0 Å². The minimum absolute atomic E-state index is 0.0127. The lowest BCUT2D eigenvalue weighted by Gasteiger charge is -2.37. The van der Waals surface area contributed by atoms with E-state index >= 15 is 0 Å². The van der Waals surface area contributed by atoms with Crippen LogP contribution in [-0.4, -0.2) is 61.5 Å². The zero-order chi connectivity index (χ0) is 20.8. The maximum absolute atomic E-state index is 13.1. The van der Waals surface area contributed by atoms with E-state index in [9.17, 15) is 23.1 Å². The van der Waals surface area contributed by atoms with Crippen molar-refractivity contribution in [2.75, 3.05) is 26.3 Å². The molecule has 0 atom stereocenters. The highest BCUT2D eigenvalue weighted by Crippen LogP contribution is 2.36. The molecule has 0 saturated carbocycles. The maximum atomic E-state index is 13.1. The summed E-state index contributed by atoms with van der Waals surface area (Å²) < 4.78 is 34.6. The highest BCUT2D eigenvalue weighted by Gasteiger charge is 2.53. The van der Waals surface area contributed by atoms with E-state index in [1.54, 1.807) is 13.8 Å². The van der Waals surface area contributed by atoms with Crippen LogP contribution < -0.4 is 4.74 Å². The Morgan fingerprint density at radius 3 is 2.32 bits per heavy atom. The van der Waals surface area contributed by atoms with Crippen molar-refractivity contribution in [2.24, 2.45) is 0 Å². The van der Waals surface area contributed by atoms with Crippen molar-refractivity contribution in [2.45, 2.75) is 36.3 Å². The number of carbonyl (C=O) groups is 2. The zero-order valence-electron chi connectivity index (χ0n) is 15.8. The maximum Gasteiger partial charge on any atom is 0.409 e. The smallest absolute Gasteiger partial charge is 0.409 e. The number of piperidine rings is 1. The highest BCUT2D eigenvalue weighted by atomic mass is 32.2. The third kappa shape index (κ3) is 4.22. The Hall–Kier alpha value is -2.73. The van der Waals surface area contributed by atoms with E-state index in [0.29, 0.717) is 5.75 Å². The lowest BCUT2D eigenvalue weighted by Crippen LogP contribution is -2.55. The molecule has 0 radical (unpaired) electrons. The molecular formula is C19H23NO7S. The zero-order valence-corrected chi connectivity index (χ0v) is 16.6. The van der Waals surface area contributed by atoms with Crippen LogP contribution in [0.1, 0.15) is 26.7 Å². The summed E-state index contributed by atoms with van der Waals surface area (Å²) in [4.78, 5) is 25.0. The number of benzene rings is 1. The number of amides is 1. The standard InChI is InChI=1S/C19H23NO7S/c1-3-5-14-27-15-6-8-16(9-7-15)28(24,25)19(17(21)22)10-12-20(13-11-19)18(23)26-4-2/h6-9H,4,10-14H2,1-2H3,(H,21,22). The topological polar surface area (TPSA) is 110 Å². The molecule has 1 saturated heterocycles. The molecule has 1 amide bonds. The summed E-state index contributed by atoms with van der Waals surface area (Å²) >= 11 is 0. The van der Waals surface area contributed by atoms with Crippen molar-refractivity contribution < 1.29 is 32.6 Å². The van der Waals surface area contributed by atoms with Crippen molar-refractivity contribution in [1.82, 2.24) is 4.90 Å². The van der Waals surface area contributed by atoms with Gasteiger partial charge in [0, 0.05) is 13.1 Å². The summed E-state index contributed by atoms with van der Waals surface area (Å²) in [6.45, 7) is 3.68. The van der Waals surface area contributed by atoms with Crippen LogP contribution in [0, 0.1) is 11.8 Å². The Balaban J connectivity index is 2.24. The molecule has 1 aliphatic heterocycles. The quantitative estimate of drug-likeness (QED) is 0.715. The summed E-state index contributed by atoms with van der Waals surface area (Å²) in [6.07, 6.45) is -1.00. The number of sulfone groups is 1. The molecule has 0 bridgehead atoms. The summed E-state index contributed by atoms with van der Waals surface area (Å²) in [7, 11) is -4.19. The van der Waals surface area contributed by atoms with Gasteiger partial charge >= 0.3 is 12.1 Å². The molecule has 0 spiro atoms. The van der Waals surface area contributed by atoms with Gasteiger partial charge in [0.25, 0.3) is 0 Å². The second-order valence-corrected chi connectivity index (χ2v) is 8.44. The average Bonchev–Trinajstić information content (AvgIpc) is 2.68. The minimum Gasteiger partial charge on any atom is -0.481 e. The molecule has 1 N–H and O–H groups in total. The molecule has 28 heavy (non-hydrogen) atoms. The number of aliphatic carboxylic acids is 1. The molecule has 0 aliphatic carbocycles. The largest absolute Gasteiger partial charge is 0.481 e. The fourth-order valence-electron chi connectivity index (χ4n) is 2.99. The normalized spacial score (nSPS) is 15.9. The number of carboxylic acids is 1. The Morgan fingerprint density at radius 2 is 1.82 bits per heavy atom. The number of ether oxygens (including phenoxy) is 2. The Labute approximate surface area is 164 Å². The van der Waals surface area contributed by atoms with E-state index in [4.69, 9.17) is 9.47 Å². The number of hydrogen-bond acceptors (Lipinski definition) is 6. The number of carbonyl (C=O) groups excluding carboxylic acids is 1. The SMILES string of the molecule is CC#CCOc1ccc(S(=O)(=O)C2(C(=O)O)CCN(C(=O)OCC)CC2)cc1. The molecule has 1 heterocycles. The second-order valence-electron chi connectivity index (χ2n) is 6.18. The van der Waals surface area contributed by atoms with E-state index in [1.807, 2.05) is 0 Å². The molecule has 8 nitrogen and oxygen atoms in total. The van der Waals surface area contributed by atoms with Crippen LogP contribution in [-0.2, 0) is 19.4 Å². The van der Waals surface area contributed by atoms with Gasteiger partial charge in [0.05, 0.1) is 11.5 Å². The lowest BCUT2D eigenvalue weighted by molar-refractivity contribution is -0.141. The number of carboxylic acid groups (broad SMARTS) is 1. The van der Waals surface area contributed by atoms with Crippen LogP contribution in [0.5, 0.6) is 5.75 Å². The van der Waals surface area contributed by atoms with Crippen molar-refractivity contribution in [3.8, 4) is 17.6 Å². The molecular weight excluding hydrogens is 386 g/mol. The van der Waals surface area contributed by atoms with Crippen LogP contribution in [0.4, 0.5) is 4.79 Å². The first kappa shape index (κ1) is 21.6. The van der Waals surface area contributed by atoms with Gasteiger partial charge in [0.2, 0.25) is 0 Å². The third-order valence-electron chi connectivity index (χ3n) is 4.62. The van der Waals surface area contributed by atoms with Gasteiger partial charge in [-0.3, -0.25) is 4.79 Å². The predicted octanol–water partition coefficient (Wildman–Crippen LogP) is 1.94. The van der Waals surface area contributed by atoms with Gasteiger partial charge in [-0.2, -0.15) is 0 Å². The summed E-state index contributed by atoms with van der Waals surface area (Å²) in [5, 5.41) is 9.76. The lowest BCUT2D eigenvalue weighted by atomic mass is 9.96. The van der Waals surface area contributed by atoms with Gasteiger partial charge in [-0.25, -0.2) is 13.2 Å². The Morgan fingerprint density at radius 1 is 1.21 bits per heavy atom. The van der Waals surface area contributed by atoms with E-state index < -0.39 is 26.6 Å². The molecule has 1 aliphatic rings. The molecule has 0 unspecified atom stereocenters. The summed E-state index contributed by atoms with van der Waals surface area (Å²) in [5.41, 5.74) is 0. The van der Waals surface area contributed by atoms with Gasteiger partial charge in [0.1, 0.15) is 12.4 Å². The third-order valence-corrected chi connectivity index (χ3v) is 7.13. The summed E-state index contributed by atoms with van der Waals surface area (Å²) in [5.74, 6) is 4.42. The van der Waals surface area contributed by atoms with E-state index in [-0.39, 0.29) is 44.0 Å². The molecule has 1 aromatic carbocycles. The van der Waals surface area contributed by atoms with Crippen molar-refractivity contribution in [3.05, 3.63) is 24.3 Å². The van der Waals surface area contributed by atoms with Crippen molar-refractivity contribution >= 4 is 21.9 Å². The Bertz CT molecular complexity index is 873. The van der Waals surface area contributed by atoms with Gasteiger partial charge in [0.15, 0.2) is 14.6 Å². The second kappa shape index (κ2) is 8.97. The summed E-state index contributed by atoms with van der Waals surface area (Å²) in [6, 6.07) is 5.58. The van der Waals surface area contributed by atoms with E-state index in [2.05, 4.69) is 11.8 Å². The monoisotopic (exact) mass is 409 g/mol. The fraction of sp³-hybridized carbons (Fsp3) is 0.474. The molecule has 0 aromatic heterocycles. The van der Waals surface area contributed by atoms with Gasteiger partial charge in [-0.05, 0) is 51.0 Å². The van der Waals surface area contributed by atoms with Crippen LogP contribution in [0.2, 0.25) is 0 Å². The van der Waals surface area contributed by atoms with Crippen LogP contribution in [0.25, 0.3) is 0 Å². The molecule has 2 rings (SSSR count). The van der Waals surface area contributed by atoms with Gasteiger partial charge in [-0.1, -0.05) is 5.92 Å². The van der Waals surface area contributed by atoms with Crippen LogP contribution >= 0.6 is 0 Å². The molecule has 152 valence electrons. The first-order valence-electron chi connectivity index (χ1n) is 8.80. The highest BCUT2D eigenvalue weighted by molar-refractivity contribution is 7.93. The number of rotatable bonds is 6.